The number of Topliss-reactive ketones (excluding diaryl/α,β-unsaturated/α-hetero) is 1. The molecule has 6 heteroatoms. The fourth-order valence-corrected chi connectivity index (χ4v) is 3.38. The van der Waals surface area contributed by atoms with Gasteiger partial charge >= 0.3 is 0 Å². The molecule has 2 aromatic heterocycles. The lowest BCUT2D eigenvalue weighted by Gasteiger charge is -2.04. The minimum Gasteiger partial charge on any atom is -0.451 e. The summed E-state index contributed by atoms with van der Waals surface area (Å²) in [6, 6.07) is 17.9. The maximum absolute atomic E-state index is 12.5. The maximum Gasteiger partial charge on any atom is 0.291 e. The lowest BCUT2D eigenvalue weighted by Crippen LogP contribution is -2.10. The molecular formula is C22H16N2O3S. The maximum atomic E-state index is 12.5. The Kier molecular flexibility index (Phi) is 4.87. The van der Waals surface area contributed by atoms with Gasteiger partial charge < -0.3 is 9.73 Å². The summed E-state index contributed by atoms with van der Waals surface area (Å²) >= 11 is 1.56. The molecule has 0 unspecified atom stereocenters. The third kappa shape index (κ3) is 3.77. The van der Waals surface area contributed by atoms with Crippen LogP contribution in [0.2, 0.25) is 0 Å². The van der Waals surface area contributed by atoms with E-state index in [2.05, 4.69) is 10.3 Å². The Morgan fingerprint density at radius 1 is 0.929 bits per heavy atom. The van der Waals surface area contributed by atoms with Gasteiger partial charge in [-0.3, -0.25) is 9.59 Å². The van der Waals surface area contributed by atoms with Crippen LogP contribution >= 0.6 is 11.3 Å². The number of thiazole rings is 1. The summed E-state index contributed by atoms with van der Waals surface area (Å²) < 4.78 is 5.68. The molecule has 5 nitrogen and oxygen atoms in total. The number of nitrogens with zero attached hydrogens (tertiary/aromatic N) is 1. The number of carbonyl (C=O) groups is 2. The molecule has 138 valence electrons. The number of aromatic nitrogens is 1. The minimum absolute atomic E-state index is 0.00643. The van der Waals surface area contributed by atoms with E-state index in [1.165, 1.54) is 6.92 Å². The van der Waals surface area contributed by atoms with Crippen LogP contribution in [0.5, 0.6) is 0 Å². The highest BCUT2D eigenvalue weighted by atomic mass is 32.1. The number of anilines is 1. The number of furan rings is 1. The summed E-state index contributed by atoms with van der Waals surface area (Å²) in [4.78, 5) is 28.1. The SMILES string of the molecule is CC(=O)c1ccc(-c2ccc(C(=O)Nc3ccc(-c4nccs4)cc3)o2)cc1. The van der Waals surface area contributed by atoms with Crippen molar-refractivity contribution in [1.29, 1.82) is 0 Å². The van der Waals surface area contributed by atoms with E-state index in [4.69, 9.17) is 4.42 Å². The lowest BCUT2D eigenvalue weighted by atomic mass is 10.1. The van der Waals surface area contributed by atoms with Crippen LogP contribution in [0.15, 0.2) is 76.7 Å². The molecule has 0 saturated carbocycles. The molecule has 1 N–H and O–H groups in total. The first-order valence-corrected chi connectivity index (χ1v) is 9.50. The molecule has 0 aliphatic rings. The molecule has 0 fully saturated rings. The van der Waals surface area contributed by atoms with Crippen molar-refractivity contribution in [2.75, 3.05) is 5.32 Å². The molecule has 0 radical (unpaired) electrons. The van der Waals surface area contributed by atoms with Crippen LogP contribution in [0.25, 0.3) is 21.9 Å². The van der Waals surface area contributed by atoms with Crippen LogP contribution in [0.4, 0.5) is 5.69 Å². The van der Waals surface area contributed by atoms with Crippen LogP contribution < -0.4 is 5.32 Å². The van der Waals surface area contributed by atoms with Gasteiger partial charge in [-0.15, -0.1) is 11.3 Å². The summed E-state index contributed by atoms with van der Waals surface area (Å²) in [5.74, 6) is 0.467. The highest BCUT2D eigenvalue weighted by Crippen LogP contribution is 2.25. The highest BCUT2D eigenvalue weighted by Gasteiger charge is 2.13. The number of ketones is 1. The zero-order chi connectivity index (χ0) is 19.5. The van der Waals surface area contributed by atoms with Crippen LogP contribution in [0.1, 0.15) is 27.8 Å². The number of carbonyl (C=O) groups excluding carboxylic acids is 2. The minimum atomic E-state index is -0.325. The van der Waals surface area contributed by atoms with Gasteiger partial charge in [-0.1, -0.05) is 24.3 Å². The largest absolute Gasteiger partial charge is 0.451 e. The number of hydrogen-bond acceptors (Lipinski definition) is 5. The summed E-state index contributed by atoms with van der Waals surface area (Å²) in [5, 5.41) is 5.68. The molecule has 0 aliphatic heterocycles. The summed E-state index contributed by atoms with van der Waals surface area (Å²) in [7, 11) is 0. The molecule has 2 aromatic carbocycles. The summed E-state index contributed by atoms with van der Waals surface area (Å²) in [6.45, 7) is 1.52. The molecule has 0 saturated heterocycles. The number of hydrogen-bond donors (Lipinski definition) is 1. The van der Waals surface area contributed by atoms with E-state index in [9.17, 15) is 9.59 Å². The van der Waals surface area contributed by atoms with Gasteiger partial charge in [-0.2, -0.15) is 0 Å². The average molecular weight is 388 g/mol. The Morgan fingerprint density at radius 3 is 2.29 bits per heavy atom. The second kappa shape index (κ2) is 7.62. The Hall–Kier alpha value is -3.51. The Balaban J connectivity index is 1.46. The third-order valence-electron chi connectivity index (χ3n) is 4.23. The smallest absolute Gasteiger partial charge is 0.291 e. The van der Waals surface area contributed by atoms with Crippen molar-refractivity contribution < 1.29 is 14.0 Å². The second-order valence-corrected chi connectivity index (χ2v) is 7.06. The van der Waals surface area contributed by atoms with Gasteiger partial charge in [0, 0.05) is 34.0 Å². The first-order chi connectivity index (χ1) is 13.6. The average Bonchev–Trinajstić information content (AvgIpc) is 3.41. The monoisotopic (exact) mass is 388 g/mol. The van der Waals surface area contributed by atoms with E-state index < -0.39 is 0 Å². The van der Waals surface area contributed by atoms with Gasteiger partial charge in [-0.05, 0) is 43.3 Å². The van der Waals surface area contributed by atoms with Crippen molar-refractivity contribution in [2.24, 2.45) is 0 Å². The van der Waals surface area contributed by atoms with Crippen molar-refractivity contribution in [3.63, 3.8) is 0 Å². The van der Waals surface area contributed by atoms with Gasteiger partial charge in [0.05, 0.1) is 0 Å². The Labute approximate surface area is 165 Å². The van der Waals surface area contributed by atoms with E-state index in [0.29, 0.717) is 17.0 Å². The number of nitrogens with one attached hydrogen (secondary N) is 1. The molecule has 28 heavy (non-hydrogen) atoms. The van der Waals surface area contributed by atoms with E-state index in [1.807, 2.05) is 29.6 Å². The van der Waals surface area contributed by atoms with Crippen molar-refractivity contribution >= 4 is 28.7 Å². The first-order valence-electron chi connectivity index (χ1n) is 8.62. The molecule has 0 atom stereocenters. The predicted octanol–water partition coefficient (Wildman–Crippen LogP) is 5.53. The lowest BCUT2D eigenvalue weighted by molar-refractivity contribution is 0.0994. The van der Waals surface area contributed by atoms with Gasteiger partial charge in [0.15, 0.2) is 11.5 Å². The van der Waals surface area contributed by atoms with E-state index in [1.54, 1.807) is 53.9 Å². The van der Waals surface area contributed by atoms with Gasteiger partial charge in [-0.25, -0.2) is 4.98 Å². The second-order valence-electron chi connectivity index (χ2n) is 6.17. The Morgan fingerprint density at radius 2 is 1.64 bits per heavy atom. The summed E-state index contributed by atoms with van der Waals surface area (Å²) in [5.41, 5.74) is 3.11. The molecule has 1 amide bonds. The van der Waals surface area contributed by atoms with E-state index in [0.717, 1.165) is 16.1 Å². The molecule has 0 aliphatic carbocycles. The third-order valence-corrected chi connectivity index (χ3v) is 5.05. The topological polar surface area (TPSA) is 72.2 Å². The van der Waals surface area contributed by atoms with Gasteiger partial charge in [0.25, 0.3) is 5.91 Å². The van der Waals surface area contributed by atoms with Crippen molar-refractivity contribution in [3.05, 3.63) is 83.6 Å². The molecule has 0 spiro atoms. The van der Waals surface area contributed by atoms with Crippen LogP contribution in [0.3, 0.4) is 0 Å². The molecule has 2 heterocycles. The summed E-state index contributed by atoms with van der Waals surface area (Å²) in [6.07, 6.45) is 1.76. The zero-order valence-corrected chi connectivity index (χ0v) is 15.8. The predicted molar refractivity (Wildman–Crippen MR) is 110 cm³/mol. The quantitative estimate of drug-likeness (QED) is 0.457. The fourth-order valence-electron chi connectivity index (χ4n) is 2.74. The normalized spacial score (nSPS) is 10.6. The number of benzene rings is 2. The number of amides is 1. The standard InChI is InChI=1S/C22H16N2O3S/c1-14(25)15-2-4-16(5-3-15)19-10-11-20(27-19)21(26)24-18-8-6-17(7-9-18)22-23-12-13-28-22/h2-13H,1H3,(H,24,26). The van der Waals surface area contributed by atoms with E-state index >= 15 is 0 Å². The molecule has 4 aromatic rings. The molecular weight excluding hydrogens is 372 g/mol. The van der Waals surface area contributed by atoms with Crippen LogP contribution in [0, 0.1) is 0 Å². The van der Waals surface area contributed by atoms with Crippen molar-refractivity contribution in [1.82, 2.24) is 4.98 Å². The first kappa shape index (κ1) is 17.9. The molecule has 0 bridgehead atoms. The van der Waals surface area contributed by atoms with Crippen LogP contribution in [-0.4, -0.2) is 16.7 Å². The number of rotatable bonds is 5. The van der Waals surface area contributed by atoms with Crippen molar-refractivity contribution in [2.45, 2.75) is 6.92 Å². The van der Waals surface area contributed by atoms with Crippen LogP contribution in [-0.2, 0) is 0 Å². The molecule has 4 rings (SSSR count). The van der Waals surface area contributed by atoms with Gasteiger partial charge in [0.2, 0.25) is 0 Å². The fraction of sp³-hybridized carbons (Fsp3) is 0.0455. The van der Waals surface area contributed by atoms with Gasteiger partial charge in [0.1, 0.15) is 10.8 Å². The van der Waals surface area contributed by atoms with E-state index in [-0.39, 0.29) is 17.5 Å². The highest BCUT2D eigenvalue weighted by molar-refractivity contribution is 7.13. The Bertz CT molecular complexity index is 1110. The van der Waals surface area contributed by atoms with Crippen molar-refractivity contribution in [3.8, 4) is 21.9 Å². The zero-order valence-electron chi connectivity index (χ0n) is 15.0.